The van der Waals surface area contributed by atoms with Crippen LogP contribution in [0, 0.1) is 16.0 Å². The minimum Gasteiger partial charge on any atom is -0.364 e. The van der Waals surface area contributed by atoms with Crippen LogP contribution in [0.4, 0.5) is 0 Å². The molecule has 0 radical (unpaired) electrons. The van der Waals surface area contributed by atoms with Gasteiger partial charge in [-0.15, -0.1) is 0 Å². The molecule has 1 aliphatic carbocycles. The van der Waals surface area contributed by atoms with E-state index in [2.05, 4.69) is 4.98 Å². The van der Waals surface area contributed by atoms with Gasteiger partial charge in [0.15, 0.2) is 0 Å². The molecule has 0 amide bonds. The molecule has 0 bridgehead atoms. The number of hydrogen-bond acceptors (Lipinski definition) is 2. The molecule has 4 nitrogen and oxygen atoms in total. The summed E-state index contributed by atoms with van der Waals surface area (Å²) >= 11 is 0. The smallest absolute Gasteiger partial charge is 0.250 e. The molecule has 0 unspecified atom stereocenters. The maximum atomic E-state index is 11.1. The van der Waals surface area contributed by atoms with E-state index in [0.717, 1.165) is 22.4 Å². The Labute approximate surface area is 110 Å². The van der Waals surface area contributed by atoms with Crippen molar-refractivity contribution in [2.45, 2.75) is 13.3 Å². The summed E-state index contributed by atoms with van der Waals surface area (Å²) in [5.41, 5.74) is 4.44. The van der Waals surface area contributed by atoms with Gasteiger partial charge in [0.05, 0.1) is 10.8 Å². The maximum absolute atomic E-state index is 11.1. The number of nitrogens with zero attached hydrogens (tertiary/aromatic N) is 1. The van der Waals surface area contributed by atoms with E-state index in [4.69, 9.17) is 0 Å². The summed E-state index contributed by atoms with van der Waals surface area (Å²) < 4.78 is 0. The number of aromatic amines is 1. The number of allylic oxidation sites excluding steroid dienone is 1. The Kier molecular flexibility index (Phi) is 2.71. The molecule has 96 valence electrons. The SMILES string of the molecule is C[C@@H]1Cc2[nH]cc(-c3ccccc3)c2C=C1[N+](=O)[O-]. The second-order valence-corrected chi connectivity index (χ2v) is 4.89. The highest BCUT2D eigenvalue weighted by molar-refractivity contribution is 5.78. The molecule has 19 heavy (non-hydrogen) atoms. The molecule has 0 fully saturated rings. The molecule has 1 aliphatic rings. The minimum atomic E-state index is -0.268. The van der Waals surface area contributed by atoms with Crippen molar-refractivity contribution in [1.82, 2.24) is 4.98 Å². The molecule has 1 atom stereocenters. The number of nitro groups is 1. The van der Waals surface area contributed by atoms with Crippen LogP contribution < -0.4 is 0 Å². The molecule has 3 rings (SSSR count). The van der Waals surface area contributed by atoms with E-state index >= 15 is 0 Å². The molecule has 1 aromatic carbocycles. The Hall–Kier alpha value is -2.36. The van der Waals surface area contributed by atoms with E-state index in [0.29, 0.717) is 12.1 Å². The van der Waals surface area contributed by atoms with Gasteiger partial charge in [0.2, 0.25) is 5.70 Å². The van der Waals surface area contributed by atoms with Crippen LogP contribution in [0.1, 0.15) is 18.2 Å². The largest absolute Gasteiger partial charge is 0.364 e. The summed E-state index contributed by atoms with van der Waals surface area (Å²) in [5.74, 6) is -0.0511. The fourth-order valence-corrected chi connectivity index (χ4v) is 2.60. The zero-order valence-corrected chi connectivity index (χ0v) is 10.6. The third-order valence-corrected chi connectivity index (χ3v) is 3.61. The van der Waals surface area contributed by atoms with E-state index in [1.165, 1.54) is 0 Å². The molecule has 0 spiro atoms. The zero-order chi connectivity index (χ0) is 13.4. The molecule has 1 aromatic heterocycles. The highest BCUT2D eigenvalue weighted by Gasteiger charge is 2.28. The van der Waals surface area contributed by atoms with Crippen molar-refractivity contribution in [2.24, 2.45) is 5.92 Å². The predicted octanol–water partition coefficient (Wildman–Crippen LogP) is 3.49. The molecule has 0 saturated carbocycles. The molecular weight excluding hydrogens is 240 g/mol. The van der Waals surface area contributed by atoms with Crippen molar-refractivity contribution in [3.05, 3.63) is 63.6 Å². The van der Waals surface area contributed by atoms with Crippen molar-refractivity contribution < 1.29 is 4.92 Å². The third-order valence-electron chi connectivity index (χ3n) is 3.61. The fraction of sp³-hybridized carbons (Fsp3) is 0.200. The molecule has 4 heteroatoms. The van der Waals surface area contributed by atoms with Gasteiger partial charge in [0.1, 0.15) is 0 Å². The average Bonchev–Trinajstić information content (AvgIpc) is 2.81. The maximum Gasteiger partial charge on any atom is 0.250 e. The number of rotatable bonds is 2. The van der Waals surface area contributed by atoms with Gasteiger partial charge < -0.3 is 4.98 Å². The van der Waals surface area contributed by atoms with Gasteiger partial charge in [0.25, 0.3) is 0 Å². The topological polar surface area (TPSA) is 58.9 Å². The second-order valence-electron chi connectivity index (χ2n) is 4.89. The zero-order valence-electron chi connectivity index (χ0n) is 10.6. The normalized spacial score (nSPS) is 17.7. The van der Waals surface area contributed by atoms with Crippen LogP contribution in [0.3, 0.4) is 0 Å². The lowest BCUT2D eigenvalue weighted by molar-refractivity contribution is -0.431. The first-order valence-corrected chi connectivity index (χ1v) is 6.28. The fourth-order valence-electron chi connectivity index (χ4n) is 2.60. The van der Waals surface area contributed by atoms with E-state index in [1.54, 1.807) is 6.08 Å². The van der Waals surface area contributed by atoms with Gasteiger partial charge in [0, 0.05) is 35.5 Å². The lowest BCUT2D eigenvalue weighted by Gasteiger charge is -2.15. The Morgan fingerprint density at radius 1 is 1.32 bits per heavy atom. The monoisotopic (exact) mass is 254 g/mol. The summed E-state index contributed by atoms with van der Waals surface area (Å²) in [4.78, 5) is 14.1. The summed E-state index contributed by atoms with van der Waals surface area (Å²) in [6.07, 6.45) is 4.34. The molecule has 1 N–H and O–H groups in total. The van der Waals surface area contributed by atoms with Crippen LogP contribution in [0.25, 0.3) is 17.2 Å². The van der Waals surface area contributed by atoms with E-state index in [-0.39, 0.29) is 10.8 Å². The summed E-state index contributed by atoms with van der Waals surface area (Å²) in [6, 6.07) is 9.93. The number of fused-ring (bicyclic) bond motifs is 1. The third kappa shape index (κ3) is 1.95. The van der Waals surface area contributed by atoms with Crippen molar-refractivity contribution in [2.75, 3.05) is 0 Å². The first-order chi connectivity index (χ1) is 9.16. The van der Waals surface area contributed by atoms with Crippen LogP contribution in [-0.2, 0) is 6.42 Å². The van der Waals surface area contributed by atoms with Crippen molar-refractivity contribution in [1.29, 1.82) is 0 Å². The highest BCUT2D eigenvalue weighted by atomic mass is 16.6. The standard InChI is InChI=1S/C15H14N2O2/c1-10-7-14-12(8-15(10)17(18)19)13(9-16-14)11-5-3-2-4-6-11/h2-6,8-10,16H,7H2,1H3/t10-/m1/s1. The summed E-state index contributed by atoms with van der Waals surface area (Å²) in [5, 5.41) is 11.1. The molecule has 0 aliphatic heterocycles. The highest BCUT2D eigenvalue weighted by Crippen LogP contribution is 2.35. The quantitative estimate of drug-likeness (QED) is 0.658. The Bertz CT molecular complexity index is 656. The Balaban J connectivity index is 2.13. The lowest BCUT2D eigenvalue weighted by atomic mass is 9.90. The van der Waals surface area contributed by atoms with Crippen molar-refractivity contribution in [3.8, 4) is 11.1 Å². The van der Waals surface area contributed by atoms with Crippen LogP contribution in [0.15, 0.2) is 42.2 Å². The van der Waals surface area contributed by atoms with Crippen LogP contribution >= 0.6 is 0 Å². The number of nitrogens with one attached hydrogen (secondary N) is 1. The first-order valence-electron chi connectivity index (χ1n) is 6.28. The average molecular weight is 254 g/mol. The van der Waals surface area contributed by atoms with Gasteiger partial charge in [-0.3, -0.25) is 10.1 Å². The van der Waals surface area contributed by atoms with Crippen LogP contribution in [-0.4, -0.2) is 9.91 Å². The van der Waals surface area contributed by atoms with Gasteiger partial charge in [-0.1, -0.05) is 37.3 Å². The molecule has 1 heterocycles. The molecule has 0 saturated heterocycles. The first kappa shape index (κ1) is 11.7. The molecular formula is C15H14N2O2. The number of aromatic nitrogens is 1. The minimum absolute atomic E-state index is 0.0511. The van der Waals surface area contributed by atoms with Crippen molar-refractivity contribution in [3.63, 3.8) is 0 Å². The van der Waals surface area contributed by atoms with Gasteiger partial charge >= 0.3 is 0 Å². The molecule has 2 aromatic rings. The van der Waals surface area contributed by atoms with E-state index < -0.39 is 0 Å². The van der Waals surface area contributed by atoms with Crippen LogP contribution in [0.5, 0.6) is 0 Å². The van der Waals surface area contributed by atoms with Gasteiger partial charge in [-0.05, 0) is 5.56 Å². The van der Waals surface area contributed by atoms with E-state index in [1.807, 2.05) is 43.5 Å². The number of H-pyrrole nitrogens is 1. The van der Waals surface area contributed by atoms with Gasteiger partial charge in [-0.2, -0.15) is 0 Å². The predicted molar refractivity (Wildman–Crippen MR) is 74.1 cm³/mol. The van der Waals surface area contributed by atoms with Crippen LogP contribution in [0.2, 0.25) is 0 Å². The number of hydrogen-bond donors (Lipinski definition) is 1. The Morgan fingerprint density at radius 2 is 2.05 bits per heavy atom. The summed E-state index contributed by atoms with van der Waals surface area (Å²) in [6.45, 7) is 1.89. The number of benzene rings is 1. The Morgan fingerprint density at radius 3 is 2.74 bits per heavy atom. The second kappa shape index (κ2) is 4.39. The lowest BCUT2D eigenvalue weighted by Crippen LogP contribution is -2.15. The summed E-state index contributed by atoms with van der Waals surface area (Å²) in [7, 11) is 0. The van der Waals surface area contributed by atoms with Gasteiger partial charge in [-0.25, -0.2) is 0 Å². The van der Waals surface area contributed by atoms with Crippen molar-refractivity contribution >= 4 is 6.08 Å². The van der Waals surface area contributed by atoms with E-state index in [9.17, 15) is 10.1 Å².